The Morgan fingerprint density at radius 2 is 2.10 bits per heavy atom. The number of nitrogens with one attached hydrogen (secondary N) is 1. The Bertz CT molecular complexity index is 480. The topological polar surface area (TPSA) is 82.5 Å². The fourth-order valence-corrected chi connectivity index (χ4v) is 1.55. The van der Waals surface area contributed by atoms with Crippen molar-refractivity contribution in [2.45, 2.75) is 12.6 Å². The number of aromatic nitrogens is 1. The molecule has 116 valence electrons. The van der Waals surface area contributed by atoms with E-state index in [9.17, 15) is 22.8 Å². The Morgan fingerprint density at radius 3 is 2.62 bits per heavy atom. The standard InChI is InChI=1S/C12H14F3N3O3/c13-12(14,15)8-18(7-10(19)20)11(21)17-5-3-9-2-1-4-16-6-9/h1-2,4,6H,3,5,7-8H2,(H,17,21)(H,19,20). The van der Waals surface area contributed by atoms with Crippen LogP contribution in [0.25, 0.3) is 0 Å². The van der Waals surface area contributed by atoms with Gasteiger partial charge in [-0.1, -0.05) is 6.07 Å². The number of halogens is 3. The zero-order valence-corrected chi connectivity index (χ0v) is 10.9. The first-order valence-electron chi connectivity index (χ1n) is 5.98. The van der Waals surface area contributed by atoms with Gasteiger partial charge in [0.1, 0.15) is 13.1 Å². The Morgan fingerprint density at radius 1 is 1.38 bits per heavy atom. The second-order valence-electron chi connectivity index (χ2n) is 4.21. The van der Waals surface area contributed by atoms with E-state index < -0.39 is 31.3 Å². The molecule has 1 aromatic rings. The van der Waals surface area contributed by atoms with E-state index >= 15 is 0 Å². The van der Waals surface area contributed by atoms with E-state index in [0.29, 0.717) is 6.42 Å². The minimum Gasteiger partial charge on any atom is -0.480 e. The summed E-state index contributed by atoms with van der Waals surface area (Å²) >= 11 is 0. The predicted molar refractivity (Wildman–Crippen MR) is 66.6 cm³/mol. The third-order valence-electron chi connectivity index (χ3n) is 2.40. The van der Waals surface area contributed by atoms with Crippen LogP contribution in [-0.2, 0) is 11.2 Å². The third kappa shape index (κ3) is 7.14. The summed E-state index contributed by atoms with van der Waals surface area (Å²) in [7, 11) is 0. The maximum absolute atomic E-state index is 12.3. The van der Waals surface area contributed by atoms with E-state index in [4.69, 9.17) is 5.11 Å². The number of pyridine rings is 1. The van der Waals surface area contributed by atoms with Crippen LogP contribution in [-0.4, -0.2) is 52.8 Å². The molecule has 0 aliphatic rings. The molecule has 0 atom stereocenters. The molecule has 2 N–H and O–H groups in total. The first kappa shape index (κ1) is 16.7. The van der Waals surface area contributed by atoms with Gasteiger partial charge in [-0.25, -0.2) is 4.79 Å². The van der Waals surface area contributed by atoms with Gasteiger partial charge in [0.15, 0.2) is 0 Å². The predicted octanol–water partition coefficient (Wildman–Crippen LogP) is 1.28. The fourth-order valence-electron chi connectivity index (χ4n) is 1.55. The lowest BCUT2D eigenvalue weighted by atomic mass is 10.2. The number of aliphatic carboxylic acids is 1. The number of rotatable bonds is 6. The molecular weight excluding hydrogens is 291 g/mol. The minimum absolute atomic E-state index is 0.0818. The van der Waals surface area contributed by atoms with E-state index in [-0.39, 0.29) is 11.4 Å². The Balaban J connectivity index is 2.50. The van der Waals surface area contributed by atoms with Gasteiger partial charge in [0.05, 0.1) is 0 Å². The molecule has 0 radical (unpaired) electrons. The minimum atomic E-state index is -4.66. The molecule has 2 amide bonds. The summed E-state index contributed by atoms with van der Waals surface area (Å²) in [6.45, 7) is -2.55. The average Bonchev–Trinajstić information content (AvgIpc) is 2.37. The molecule has 0 aliphatic heterocycles. The zero-order valence-electron chi connectivity index (χ0n) is 10.9. The quantitative estimate of drug-likeness (QED) is 0.829. The molecule has 1 aromatic heterocycles. The van der Waals surface area contributed by atoms with Crippen molar-refractivity contribution < 1.29 is 27.9 Å². The highest BCUT2D eigenvalue weighted by Gasteiger charge is 2.33. The molecule has 0 saturated carbocycles. The van der Waals surface area contributed by atoms with Crippen molar-refractivity contribution in [3.8, 4) is 0 Å². The van der Waals surface area contributed by atoms with Gasteiger partial charge in [-0.15, -0.1) is 0 Å². The van der Waals surface area contributed by atoms with E-state index in [2.05, 4.69) is 10.3 Å². The summed E-state index contributed by atoms with van der Waals surface area (Å²) in [5, 5.41) is 10.8. The summed E-state index contributed by atoms with van der Waals surface area (Å²) in [4.78, 5) is 26.1. The molecule has 1 heterocycles. The molecular formula is C12H14F3N3O3. The number of carbonyl (C=O) groups excluding carboxylic acids is 1. The van der Waals surface area contributed by atoms with Gasteiger partial charge < -0.3 is 15.3 Å². The van der Waals surface area contributed by atoms with Crippen LogP contribution in [0.3, 0.4) is 0 Å². The highest BCUT2D eigenvalue weighted by Crippen LogP contribution is 2.16. The first-order chi connectivity index (χ1) is 9.78. The lowest BCUT2D eigenvalue weighted by molar-refractivity contribution is -0.148. The van der Waals surface area contributed by atoms with Crippen molar-refractivity contribution in [1.82, 2.24) is 15.2 Å². The SMILES string of the molecule is O=C(O)CN(CC(F)(F)F)C(=O)NCCc1cccnc1. The number of carboxylic acid groups (broad SMARTS) is 1. The highest BCUT2D eigenvalue weighted by atomic mass is 19.4. The van der Waals surface area contributed by atoms with Crippen molar-refractivity contribution in [3.05, 3.63) is 30.1 Å². The first-order valence-corrected chi connectivity index (χ1v) is 5.98. The van der Waals surface area contributed by atoms with Crippen molar-refractivity contribution in [2.24, 2.45) is 0 Å². The highest BCUT2D eigenvalue weighted by molar-refractivity contribution is 5.80. The van der Waals surface area contributed by atoms with E-state index in [1.165, 1.54) is 0 Å². The largest absolute Gasteiger partial charge is 0.480 e. The summed E-state index contributed by atoms with van der Waals surface area (Å²) in [6.07, 6.45) is -1.14. The lowest BCUT2D eigenvalue weighted by Crippen LogP contribution is -2.47. The Kier molecular flexibility index (Phi) is 5.94. The van der Waals surface area contributed by atoms with Crippen molar-refractivity contribution in [1.29, 1.82) is 0 Å². The van der Waals surface area contributed by atoms with Gasteiger partial charge >= 0.3 is 18.2 Å². The monoisotopic (exact) mass is 305 g/mol. The number of hydrogen-bond donors (Lipinski definition) is 2. The van der Waals surface area contributed by atoms with Gasteiger partial charge in [0.25, 0.3) is 0 Å². The van der Waals surface area contributed by atoms with Gasteiger partial charge in [-0.2, -0.15) is 13.2 Å². The van der Waals surface area contributed by atoms with Crippen molar-refractivity contribution in [3.63, 3.8) is 0 Å². The summed E-state index contributed by atoms with van der Waals surface area (Å²) < 4.78 is 36.8. The van der Waals surface area contributed by atoms with Gasteiger partial charge in [-0.05, 0) is 18.1 Å². The lowest BCUT2D eigenvalue weighted by Gasteiger charge is -2.22. The van der Waals surface area contributed by atoms with Gasteiger partial charge in [-0.3, -0.25) is 9.78 Å². The number of carboxylic acids is 1. The molecule has 6 nitrogen and oxygen atoms in total. The fraction of sp³-hybridized carbons (Fsp3) is 0.417. The Labute approximate surface area is 118 Å². The number of hydrogen-bond acceptors (Lipinski definition) is 3. The van der Waals surface area contributed by atoms with E-state index in [1.807, 2.05) is 0 Å². The van der Waals surface area contributed by atoms with Gasteiger partial charge in [0.2, 0.25) is 0 Å². The third-order valence-corrected chi connectivity index (χ3v) is 2.40. The normalized spacial score (nSPS) is 11.0. The molecule has 0 saturated heterocycles. The van der Waals surface area contributed by atoms with Crippen LogP contribution in [0.15, 0.2) is 24.5 Å². The van der Waals surface area contributed by atoms with Crippen LogP contribution >= 0.6 is 0 Å². The number of carbonyl (C=O) groups is 2. The van der Waals surface area contributed by atoms with Crippen LogP contribution in [0, 0.1) is 0 Å². The zero-order chi connectivity index (χ0) is 15.9. The smallest absolute Gasteiger partial charge is 0.406 e. The Hall–Kier alpha value is -2.32. The van der Waals surface area contributed by atoms with Gasteiger partial charge in [0, 0.05) is 18.9 Å². The number of alkyl halides is 3. The second kappa shape index (κ2) is 7.46. The molecule has 0 unspecified atom stereocenters. The molecule has 1 rings (SSSR count). The molecule has 0 spiro atoms. The second-order valence-corrected chi connectivity index (χ2v) is 4.21. The summed E-state index contributed by atoms with van der Waals surface area (Å²) in [5.74, 6) is -1.51. The molecule has 0 aromatic carbocycles. The van der Waals surface area contributed by atoms with Crippen molar-refractivity contribution in [2.75, 3.05) is 19.6 Å². The number of nitrogens with zero attached hydrogens (tertiary/aromatic N) is 2. The maximum atomic E-state index is 12.3. The summed E-state index contributed by atoms with van der Waals surface area (Å²) in [5.41, 5.74) is 0.804. The van der Waals surface area contributed by atoms with Crippen LogP contribution in [0.1, 0.15) is 5.56 Å². The van der Waals surface area contributed by atoms with Crippen molar-refractivity contribution >= 4 is 12.0 Å². The summed E-state index contributed by atoms with van der Waals surface area (Å²) in [6, 6.07) is 2.38. The molecule has 21 heavy (non-hydrogen) atoms. The van der Waals surface area contributed by atoms with Crippen LogP contribution in [0.2, 0.25) is 0 Å². The molecule has 0 bridgehead atoms. The van der Waals surface area contributed by atoms with Crippen LogP contribution in [0.4, 0.5) is 18.0 Å². The number of urea groups is 1. The molecule has 0 aliphatic carbocycles. The van der Waals surface area contributed by atoms with Crippen LogP contribution < -0.4 is 5.32 Å². The van der Waals surface area contributed by atoms with E-state index in [1.54, 1.807) is 24.5 Å². The number of amides is 2. The van der Waals surface area contributed by atoms with E-state index in [0.717, 1.165) is 5.56 Å². The molecule has 9 heteroatoms. The van der Waals surface area contributed by atoms with Crippen LogP contribution in [0.5, 0.6) is 0 Å². The maximum Gasteiger partial charge on any atom is 0.406 e. The molecule has 0 fully saturated rings. The average molecular weight is 305 g/mol.